The SMILES string of the molecule is CCCCC#Cc1cn([C@H]2C[C@@H](O)C(COP(=O)(O)OP(=O)(O)OP(=O)(O)O)O2)c2nc(N)[nH]c(=O)c12. The number of hydrogen-bond acceptors (Lipinski definition) is 11. The van der Waals surface area contributed by atoms with E-state index in [9.17, 15) is 33.4 Å². The van der Waals surface area contributed by atoms with E-state index in [2.05, 4.69) is 35.0 Å². The number of unbranched alkanes of at least 4 members (excludes halogenated alkanes) is 2. The zero-order valence-corrected chi connectivity index (χ0v) is 21.8. The zero-order valence-electron chi connectivity index (χ0n) is 19.2. The molecule has 3 unspecified atom stereocenters. The third-order valence-electron chi connectivity index (χ3n) is 4.91. The molecule has 0 spiro atoms. The quantitative estimate of drug-likeness (QED) is 0.115. The Morgan fingerprint density at radius 2 is 1.95 bits per heavy atom. The third kappa shape index (κ3) is 8.05. The summed E-state index contributed by atoms with van der Waals surface area (Å²) in [7, 11) is -16.6. The molecule has 3 heterocycles. The number of aromatic amines is 1. The van der Waals surface area contributed by atoms with Gasteiger partial charge >= 0.3 is 23.5 Å². The molecule has 0 aliphatic carbocycles. The number of H-pyrrole nitrogens is 1. The fraction of sp³-hybridized carbons (Fsp3) is 0.529. The van der Waals surface area contributed by atoms with Crippen molar-refractivity contribution in [1.82, 2.24) is 14.5 Å². The highest BCUT2D eigenvalue weighted by molar-refractivity contribution is 7.66. The number of aliphatic hydroxyl groups is 1. The summed E-state index contributed by atoms with van der Waals surface area (Å²) < 4.78 is 53.0. The van der Waals surface area contributed by atoms with Crippen molar-refractivity contribution in [2.24, 2.45) is 0 Å². The van der Waals surface area contributed by atoms with Crippen molar-refractivity contribution in [2.45, 2.75) is 51.0 Å². The Hall–Kier alpha value is -1.89. The highest BCUT2D eigenvalue weighted by Crippen LogP contribution is 2.66. The molecule has 20 heteroatoms. The molecule has 0 aromatic carbocycles. The fourth-order valence-electron chi connectivity index (χ4n) is 3.42. The van der Waals surface area contributed by atoms with Gasteiger partial charge in [0.15, 0.2) is 5.65 Å². The van der Waals surface area contributed by atoms with Crippen LogP contribution in [-0.2, 0) is 31.6 Å². The number of phosphoric ester groups is 1. The van der Waals surface area contributed by atoms with Gasteiger partial charge in [-0.1, -0.05) is 25.2 Å². The maximum Gasteiger partial charge on any atom is 0.490 e. The topological polar surface area (TPSA) is 266 Å². The van der Waals surface area contributed by atoms with E-state index in [-0.39, 0.29) is 23.4 Å². The van der Waals surface area contributed by atoms with E-state index in [0.717, 1.165) is 12.8 Å². The van der Waals surface area contributed by atoms with Crippen molar-refractivity contribution in [3.8, 4) is 11.8 Å². The van der Waals surface area contributed by atoms with E-state index in [4.69, 9.17) is 20.3 Å². The lowest BCUT2D eigenvalue weighted by molar-refractivity contribution is -0.0421. The minimum Gasteiger partial charge on any atom is -0.390 e. The number of fused-ring (bicyclic) bond motifs is 1. The second kappa shape index (κ2) is 11.5. The van der Waals surface area contributed by atoms with Gasteiger partial charge in [0.25, 0.3) is 5.56 Å². The molecule has 0 bridgehead atoms. The van der Waals surface area contributed by atoms with Gasteiger partial charge in [-0.05, 0) is 6.42 Å². The number of nitrogen functional groups attached to an aromatic ring is 1. The van der Waals surface area contributed by atoms with E-state index in [1.165, 1.54) is 10.8 Å². The van der Waals surface area contributed by atoms with Crippen LogP contribution in [0.2, 0.25) is 0 Å². The van der Waals surface area contributed by atoms with Gasteiger partial charge in [0.2, 0.25) is 5.95 Å². The number of nitrogens with zero attached hydrogens (tertiary/aromatic N) is 2. The molecular formula is C17H25N4O13P3. The van der Waals surface area contributed by atoms with Crippen molar-refractivity contribution in [3.63, 3.8) is 0 Å². The summed E-state index contributed by atoms with van der Waals surface area (Å²) in [5, 5.41) is 10.5. The first-order valence-corrected chi connectivity index (χ1v) is 15.1. The molecule has 0 amide bonds. The minimum atomic E-state index is -5.69. The summed E-state index contributed by atoms with van der Waals surface area (Å²) in [5.41, 5.74) is 5.60. The number of hydrogen-bond donors (Lipinski definition) is 7. The lowest BCUT2D eigenvalue weighted by Gasteiger charge is -2.19. The largest absolute Gasteiger partial charge is 0.490 e. The van der Waals surface area contributed by atoms with Gasteiger partial charge in [-0.3, -0.25) is 14.3 Å². The summed E-state index contributed by atoms with van der Waals surface area (Å²) in [5.74, 6) is 5.70. The van der Waals surface area contributed by atoms with Crippen molar-refractivity contribution in [1.29, 1.82) is 0 Å². The number of rotatable bonds is 10. The van der Waals surface area contributed by atoms with Crippen LogP contribution in [0, 0.1) is 11.8 Å². The molecule has 8 N–H and O–H groups in total. The fourth-order valence-corrected chi connectivity index (χ4v) is 6.45. The van der Waals surface area contributed by atoms with Crippen LogP contribution in [0.15, 0.2) is 11.0 Å². The number of nitrogens with one attached hydrogen (secondary N) is 1. The van der Waals surface area contributed by atoms with E-state index in [0.29, 0.717) is 12.0 Å². The first-order valence-electron chi connectivity index (χ1n) is 10.6. The molecule has 2 aromatic rings. The molecule has 0 radical (unpaired) electrons. The molecule has 17 nitrogen and oxygen atoms in total. The number of ether oxygens (including phenoxy) is 1. The summed E-state index contributed by atoms with van der Waals surface area (Å²) in [6.45, 7) is 1.16. The molecule has 1 fully saturated rings. The Bertz CT molecular complexity index is 1410. The van der Waals surface area contributed by atoms with Crippen LogP contribution in [0.25, 0.3) is 11.0 Å². The number of anilines is 1. The van der Waals surface area contributed by atoms with Gasteiger partial charge in [0.1, 0.15) is 12.3 Å². The van der Waals surface area contributed by atoms with Gasteiger partial charge < -0.3 is 39.7 Å². The van der Waals surface area contributed by atoms with Crippen LogP contribution in [0.4, 0.5) is 5.95 Å². The van der Waals surface area contributed by atoms with E-state index >= 15 is 0 Å². The maximum atomic E-state index is 12.5. The summed E-state index contributed by atoms with van der Waals surface area (Å²) in [6.07, 6.45) is 0.294. The predicted octanol–water partition coefficient (Wildman–Crippen LogP) is 0.840. The molecule has 5 atom stereocenters. The predicted molar refractivity (Wildman–Crippen MR) is 126 cm³/mol. The monoisotopic (exact) mass is 586 g/mol. The zero-order chi connectivity index (χ0) is 27.6. The van der Waals surface area contributed by atoms with E-state index < -0.39 is 54.1 Å². The van der Waals surface area contributed by atoms with Crippen LogP contribution in [0.5, 0.6) is 0 Å². The van der Waals surface area contributed by atoms with Crippen molar-refractivity contribution in [2.75, 3.05) is 12.3 Å². The van der Waals surface area contributed by atoms with Crippen LogP contribution in [-0.4, -0.2) is 58.0 Å². The Morgan fingerprint density at radius 3 is 2.59 bits per heavy atom. The average Bonchev–Trinajstić information content (AvgIpc) is 3.27. The molecule has 3 rings (SSSR count). The number of aliphatic hydroxyl groups excluding tert-OH is 1. The van der Waals surface area contributed by atoms with Gasteiger partial charge in [-0.15, -0.1) is 0 Å². The number of nitrogens with two attached hydrogens (primary N) is 1. The normalized spacial score (nSPS) is 23.4. The van der Waals surface area contributed by atoms with Crippen LogP contribution < -0.4 is 11.3 Å². The molecular weight excluding hydrogens is 561 g/mol. The number of aromatic nitrogens is 3. The van der Waals surface area contributed by atoms with Gasteiger partial charge in [0, 0.05) is 19.0 Å². The van der Waals surface area contributed by atoms with Crippen molar-refractivity contribution < 1.29 is 56.3 Å². The Morgan fingerprint density at radius 1 is 1.24 bits per heavy atom. The van der Waals surface area contributed by atoms with Gasteiger partial charge in [-0.25, -0.2) is 13.7 Å². The lowest BCUT2D eigenvalue weighted by Crippen LogP contribution is -2.26. The summed E-state index contributed by atoms with van der Waals surface area (Å²) >= 11 is 0. The van der Waals surface area contributed by atoms with Gasteiger partial charge in [0.05, 0.1) is 23.7 Å². The third-order valence-corrected chi connectivity index (χ3v) is 8.71. The standard InChI is InChI=1S/C17H25N4O13P3/c1-2-3-4-5-6-10-8-21(15-14(10)16(23)20-17(18)19-15)13-7-11(22)12(32-13)9-31-36(27,28)34-37(29,30)33-35(24,25)26/h8,11-13,22H,2-4,7,9H2,1H3,(H,27,28)(H,29,30)(H2,24,25,26)(H3,18,19,20,23)/t11-,12?,13-/m1/s1. The molecule has 0 saturated carbocycles. The van der Waals surface area contributed by atoms with Crippen LogP contribution >= 0.6 is 23.5 Å². The molecule has 1 aliphatic heterocycles. The molecule has 1 aliphatic rings. The van der Waals surface area contributed by atoms with E-state index in [1.54, 1.807) is 0 Å². The molecule has 37 heavy (non-hydrogen) atoms. The Labute approximate surface area is 209 Å². The second-order valence-corrected chi connectivity index (χ2v) is 12.2. The Balaban J connectivity index is 1.78. The Kier molecular flexibility index (Phi) is 9.19. The summed E-state index contributed by atoms with van der Waals surface area (Å²) in [6, 6.07) is 0. The van der Waals surface area contributed by atoms with E-state index in [1.807, 2.05) is 6.92 Å². The van der Waals surface area contributed by atoms with Crippen molar-refractivity contribution >= 4 is 40.4 Å². The molecule has 206 valence electrons. The summed E-state index contributed by atoms with van der Waals surface area (Å²) in [4.78, 5) is 55.1. The minimum absolute atomic E-state index is 0.0920. The van der Waals surface area contributed by atoms with Crippen LogP contribution in [0.1, 0.15) is 44.4 Å². The maximum absolute atomic E-state index is 12.5. The number of phosphoric acid groups is 3. The smallest absolute Gasteiger partial charge is 0.390 e. The van der Waals surface area contributed by atoms with Crippen LogP contribution in [0.3, 0.4) is 0 Å². The highest BCUT2D eigenvalue weighted by Gasteiger charge is 2.43. The first-order chi connectivity index (χ1) is 17.1. The first kappa shape index (κ1) is 29.7. The average molecular weight is 586 g/mol. The van der Waals surface area contributed by atoms with Crippen molar-refractivity contribution in [3.05, 3.63) is 22.1 Å². The highest BCUT2D eigenvalue weighted by atomic mass is 31.3. The second-order valence-electron chi connectivity index (χ2n) is 7.82. The molecule has 2 aromatic heterocycles. The van der Waals surface area contributed by atoms with Gasteiger partial charge in [-0.2, -0.15) is 13.6 Å². The molecule has 1 saturated heterocycles. The lowest BCUT2D eigenvalue weighted by atomic mass is 10.2.